The second-order valence-electron chi connectivity index (χ2n) is 4.68. The Hall–Kier alpha value is -2.26. The Morgan fingerprint density at radius 3 is 2.70 bits per heavy atom. The Labute approximate surface area is 121 Å². The van der Waals surface area contributed by atoms with Crippen molar-refractivity contribution in [1.82, 2.24) is 4.57 Å². The average Bonchev–Trinajstić information content (AvgIpc) is 2.45. The van der Waals surface area contributed by atoms with Gasteiger partial charge in [-0.25, -0.2) is 0 Å². The van der Waals surface area contributed by atoms with E-state index in [1.807, 2.05) is 41.0 Å². The van der Waals surface area contributed by atoms with E-state index in [0.717, 1.165) is 11.1 Å². The van der Waals surface area contributed by atoms with Gasteiger partial charge in [0.2, 0.25) is 0 Å². The van der Waals surface area contributed by atoms with Crippen molar-refractivity contribution in [2.75, 3.05) is 5.73 Å². The Balaban J connectivity index is 2.11. The van der Waals surface area contributed by atoms with Crippen LogP contribution in [0.15, 0.2) is 59.5 Å². The van der Waals surface area contributed by atoms with Gasteiger partial charge in [0, 0.05) is 34.9 Å². The second kappa shape index (κ2) is 5.02. The zero-order chi connectivity index (χ0) is 14.1. The number of aromatic nitrogens is 1. The Kier molecular flexibility index (Phi) is 3.20. The molecule has 4 heteroatoms. The van der Waals surface area contributed by atoms with Crippen molar-refractivity contribution in [3.8, 4) is 0 Å². The Morgan fingerprint density at radius 1 is 1.10 bits per heavy atom. The molecular formula is C16H13ClN2O. The Bertz CT molecular complexity index is 839. The summed E-state index contributed by atoms with van der Waals surface area (Å²) >= 11 is 6.21. The van der Waals surface area contributed by atoms with Crippen molar-refractivity contribution in [2.45, 2.75) is 6.54 Å². The largest absolute Gasteiger partial charge is 0.399 e. The molecule has 0 radical (unpaired) electrons. The molecule has 3 aromatic rings. The van der Waals surface area contributed by atoms with Gasteiger partial charge in [0.1, 0.15) is 0 Å². The van der Waals surface area contributed by atoms with Crippen molar-refractivity contribution >= 4 is 28.2 Å². The van der Waals surface area contributed by atoms with Crippen LogP contribution >= 0.6 is 11.6 Å². The number of nitrogen functional groups attached to an aromatic ring is 1. The van der Waals surface area contributed by atoms with Crippen LogP contribution in [0, 0.1) is 0 Å². The highest BCUT2D eigenvalue weighted by atomic mass is 35.5. The lowest BCUT2D eigenvalue weighted by Crippen LogP contribution is -2.09. The van der Waals surface area contributed by atoms with Crippen LogP contribution in [0.4, 0.5) is 5.69 Å². The standard InChI is InChI=1S/C16H13ClN2O/c17-14-9-12(18)6-5-11(14)10-19-8-7-16(20)13-3-1-2-4-15(13)19/h1-9H,10,18H2. The number of hydrogen-bond donors (Lipinski definition) is 1. The first kappa shape index (κ1) is 12.8. The zero-order valence-electron chi connectivity index (χ0n) is 10.7. The van der Waals surface area contributed by atoms with Crippen LogP contribution < -0.4 is 11.2 Å². The molecular weight excluding hydrogens is 272 g/mol. The summed E-state index contributed by atoms with van der Waals surface area (Å²) in [5.41, 5.74) is 8.23. The van der Waals surface area contributed by atoms with E-state index in [0.29, 0.717) is 22.6 Å². The number of nitrogens with zero attached hydrogens (tertiary/aromatic N) is 1. The molecule has 0 aliphatic heterocycles. The van der Waals surface area contributed by atoms with Crippen LogP contribution in [0.25, 0.3) is 10.9 Å². The van der Waals surface area contributed by atoms with Gasteiger partial charge >= 0.3 is 0 Å². The SMILES string of the molecule is Nc1ccc(Cn2ccc(=O)c3ccccc32)c(Cl)c1. The summed E-state index contributed by atoms with van der Waals surface area (Å²) in [5, 5.41) is 1.34. The van der Waals surface area contributed by atoms with Crippen molar-refractivity contribution in [2.24, 2.45) is 0 Å². The minimum absolute atomic E-state index is 0.0280. The third-order valence-corrected chi connectivity index (χ3v) is 3.65. The van der Waals surface area contributed by atoms with Crippen LogP contribution in [0.3, 0.4) is 0 Å². The average molecular weight is 285 g/mol. The molecule has 0 bridgehead atoms. The van der Waals surface area contributed by atoms with E-state index in [2.05, 4.69) is 0 Å². The number of fused-ring (bicyclic) bond motifs is 1. The van der Waals surface area contributed by atoms with Gasteiger partial charge in [-0.2, -0.15) is 0 Å². The molecule has 0 fully saturated rings. The van der Waals surface area contributed by atoms with E-state index < -0.39 is 0 Å². The summed E-state index contributed by atoms with van der Waals surface area (Å²) in [6, 6.07) is 14.6. The van der Waals surface area contributed by atoms with Crippen molar-refractivity contribution in [3.63, 3.8) is 0 Å². The molecule has 2 N–H and O–H groups in total. The van der Waals surface area contributed by atoms with Crippen molar-refractivity contribution < 1.29 is 0 Å². The molecule has 1 aromatic heterocycles. The van der Waals surface area contributed by atoms with E-state index in [9.17, 15) is 4.79 Å². The molecule has 0 saturated heterocycles. The monoisotopic (exact) mass is 284 g/mol. The maximum atomic E-state index is 11.8. The van der Waals surface area contributed by atoms with Crippen LogP contribution in [0.5, 0.6) is 0 Å². The number of nitrogens with two attached hydrogens (primary N) is 1. The normalized spacial score (nSPS) is 10.8. The third kappa shape index (κ3) is 2.28. The van der Waals surface area contributed by atoms with E-state index in [1.54, 1.807) is 18.3 Å². The van der Waals surface area contributed by atoms with E-state index in [-0.39, 0.29) is 5.43 Å². The van der Waals surface area contributed by atoms with Gasteiger partial charge in [-0.3, -0.25) is 4.79 Å². The summed E-state index contributed by atoms with van der Waals surface area (Å²) in [4.78, 5) is 11.8. The smallest absolute Gasteiger partial charge is 0.189 e. The summed E-state index contributed by atoms with van der Waals surface area (Å²) in [7, 11) is 0. The molecule has 0 amide bonds. The highest BCUT2D eigenvalue weighted by molar-refractivity contribution is 6.31. The topological polar surface area (TPSA) is 48.0 Å². The lowest BCUT2D eigenvalue weighted by Gasteiger charge is -2.12. The van der Waals surface area contributed by atoms with E-state index in [4.69, 9.17) is 17.3 Å². The first-order chi connectivity index (χ1) is 9.65. The second-order valence-corrected chi connectivity index (χ2v) is 5.08. The first-order valence-electron chi connectivity index (χ1n) is 6.27. The van der Waals surface area contributed by atoms with Gasteiger partial charge in [-0.1, -0.05) is 29.8 Å². The molecule has 0 spiro atoms. The lowest BCUT2D eigenvalue weighted by atomic mass is 10.1. The number of benzene rings is 2. The van der Waals surface area contributed by atoms with Gasteiger partial charge in [0.15, 0.2) is 5.43 Å². The predicted octanol–water partition coefficient (Wildman–Crippen LogP) is 3.29. The highest BCUT2D eigenvalue weighted by Gasteiger charge is 2.05. The minimum atomic E-state index is 0.0280. The summed E-state index contributed by atoms with van der Waals surface area (Å²) in [6.45, 7) is 0.597. The highest BCUT2D eigenvalue weighted by Crippen LogP contribution is 2.21. The predicted molar refractivity (Wildman–Crippen MR) is 83.2 cm³/mol. The van der Waals surface area contributed by atoms with Gasteiger partial charge < -0.3 is 10.3 Å². The molecule has 0 saturated carbocycles. The molecule has 1 heterocycles. The van der Waals surface area contributed by atoms with Crippen LogP contribution in [-0.2, 0) is 6.54 Å². The molecule has 100 valence electrons. The van der Waals surface area contributed by atoms with Crippen LogP contribution in [-0.4, -0.2) is 4.57 Å². The number of rotatable bonds is 2. The maximum absolute atomic E-state index is 11.8. The summed E-state index contributed by atoms with van der Waals surface area (Å²) < 4.78 is 2.01. The fourth-order valence-electron chi connectivity index (χ4n) is 2.27. The van der Waals surface area contributed by atoms with Gasteiger partial charge in [-0.05, 0) is 29.8 Å². The van der Waals surface area contributed by atoms with Crippen molar-refractivity contribution in [1.29, 1.82) is 0 Å². The number of para-hydroxylation sites is 1. The number of halogens is 1. The molecule has 3 nitrogen and oxygen atoms in total. The molecule has 2 aromatic carbocycles. The maximum Gasteiger partial charge on any atom is 0.189 e. The summed E-state index contributed by atoms with van der Waals surface area (Å²) in [6.07, 6.45) is 1.79. The fourth-order valence-corrected chi connectivity index (χ4v) is 2.52. The lowest BCUT2D eigenvalue weighted by molar-refractivity contribution is 0.826. The minimum Gasteiger partial charge on any atom is -0.399 e. The molecule has 0 aliphatic rings. The third-order valence-electron chi connectivity index (χ3n) is 3.30. The quantitative estimate of drug-likeness (QED) is 0.734. The molecule has 20 heavy (non-hydrogen) atoms. The molecule has 0 aliphatic carbocycles. The molecule has 0 unspecified atom stereocenters. The van der Waals surface area contributed by atoms with Crippen LogP contribution in [0.2, 0.25) is 5.02 Å². The van der Waals surface area contributed by atoms with Crippen LogP contribution in [0.1, 0.15) is 5.56 Å². The Morgan fingerprint density at radius 2 is 1.90 bits per heavy atom. The van der Waals surface area contributed by atoms with Gasteiger partial charge in [0.05, 0.1) is 5.52 Å². The molecule has 3 rings (SSSR count). The zero-order valence-corrected chi connectivity index (χ0v) is 11.5. The fraction of sp³-hybridized carbons (Fsp3) is 0.0625. The van der Waals surface area contributed by atoms with Crippen molar-refractivity contribution in [3.05, 3.63) is 75.5 Å². The van der Waals surface area contributed by atoms with Gasteiger partial charge in [-0.15, -0.1) is 0 Å². The number of pyridine rings is 1. The number of anilines is 1. The summed E-state index contributed by atoms with van der Waals surface area (Å²) in [5.74, 6) is 0. The first-order valence-corrected chi connectivity index (χ1v) is 6.65. The molecule has 0 atom stereocenters. The van der Waals surface area contributed by atoms with E-state index >= 15 is 0 Å². The number of hydrogen-bond acceptors (Lipinski definition) is 2. The van der Waals surface area contributed by atoms with Gasteiger partial charge in [0.25, 0.3) is 0 Å². The van der Waals surface area contributed by atoms with E-state index in [1.165, 1.54) is 0 Å².